The fourth-order valence-corrected chi connectivity index (χ4v) is 4.46. The highest BCUT2D eigenvalue weighted by atomic mass is 32.2. The highest BCUT2D eigenvalue weighted by Crippen LogP contribution is 2.48. The Hall–Kier alpha value is -1.90. The van der Waals surface area contributed by atoms with Crippen molar-refractivity contribution in [1.82, 2.24) is 4.90 Å². The van der Waals surface area contributed by atoms with Crippen LogP contribution in [0.5, 0.6) is 5.75 Å². The zero-order chi connectivity index (χ0) is 19.1. The lowest BCUT2D eigenvalue weighted by molar-refractivity contribution is -0.186. The summed E-state index contributed by atoms with van der Waals surface area (Å²) in [5.74, 6) is -1.70. The van der Waals surface area contributed by atoms with Gasteiger partial charge in [0, 0.05) is 24.6 Å². The Kier molecular flexibility index (Phi) is 5.09. The summed E-state index contributed by atoms with van der Waals surface area (Å²) in [5.41, 5.74) is 2.14. The topological polar surface area (TPSA) is 58.6 Å². The van der Waals surface area contributed by atoms with Crippen molar-refractivity contribution in [3.63, 3.8) is 0 Å². The van der Waals surface area contributed by atoms with Gasteiger partial charge >= 0.3 is 12.1 Å². The third kappa shape index (κ3) is 3.24. The van der Waals surface area contributed by atoms with Crippen molar-refractivity contribution in [2.24, 2.45) is 0 Å². The largest absolute Gasteiger partial charge is 0.495 e. The zero-order valence-corrected chi connectivity index (χ0v) is 15.2. The van der Waals surface area contributed by atoms with Crippen LogP contribution < -0.4 is 10.1 Å². The Balaban J connectivity index is 1.96. The van der Waals surface area contributed by atoms with Crippen molar-refractivity contribution < 1.29 is 27.5 Å². The van der Waals surface area contributed by atoms with Crippen molar-refractivity contribution in [1.29, 1.82) is 0 Å². The first-order valence-corrected chi connectivity index (χ1v) is 9.47. The van der Waals surface area contributed by atoms with Crippen LogP contribution in [0.2, 0.25) is 0 Å². The van der Waals surface area contributed by atoms with Crippen molar-refractivity contribution in [2.45, 2.75) is 30.2 Å². The van der Waals surface area contributed by atoms with E-state index in [0.717, 1.165) is 16.0 Å². The summed E-state index contributed by atoms with van der Waals surface area (Å²) in [6.07, 6.45) is -1.92. The number of anilines is 1. The number of hydrogen-bond acceptors (Lipinski definition) is 4. The van der Waals surface area contributed by atoms with Gasteiger partial charge in [-0.1, -0.05) is 6.07 Å². The van der Waals surface area contributed by atoms with Crippen molar-refractivity contribution in [2.75, 3.05) is 31.8 Å². The summed E-state index contributed by atoms with van der Waals surface area (Å²) in [6.45, 7) is 0.0860. The molecular weight excluding hydrogens is 369 g/mol. The Morgan fingerprint density at radius 2 is 2.12 bits per heavy atom. The summed E-state index contributed by atoms with van der Waals surface area (Å²) < 4.78 is 43.7. The standard InChI is InChI=1S/C17H19F3N2O3S/c1-25-11-6-5-10(12-13(11)21-15(23)14(12)26-2)9-4-3-7-22(8-9)16(24)17(18,19)20/h5-6,9,14H,3-4,7-8H2,1-2H3,(H,21,23). The van der Waals surface area contributed by atoms with Gasteiger partial charge in [-0.15, -0.1) is 11.8 Å². The predicted octanol–water partition coefficient (Wildman–Crippen LogP) is 3.32. The minimum atomic E-state index is -4.87. The fourth-order valence-electron chi connectivity index (χ4n) is 3.69. The first kappa shape index (κ1) is 18.9. The van der Waals surface area contributed by atoms with Crippen molar-refractivity contribution in [3.05, 3.63) is 23.3 Å². The van der Waals surface area contributed by atoms with E-state index in [4.69, 9.17) is 4.74 Å². The lowest BCUT2D eigenvalue weighted by Gasteiger charge is -2.34. The van der Waals surface area contributed by atoms with E-state index in [-0.39, 0.29) is 24.9 Å². The minimum Gasteiger partial charge on any atom is -0.495 e. The first-order chi connectivity index (χ1) is 12.3. The van der Waals surface area contributed by atoms with Crippen LogP contribution in [0.3, 0.4) is 0 Å². The van der Waals surface area contributed by atoms with Crippen LogP contribution in [-0.4, -0.2) is 49.3 Å². The van der Waals surface area contributed by atoms with Gasteiger partial charge < -0.3 is 15.0 Å². The normalized spacial score (nSPS) is 22.8. The second kappa shape index (κ2) is 7.02. The molecule has 0 aromatic heterocycles. The number of halogens is 3. The van der Waals surface area contributed by atoms with E-state index in [1.807, 2.05) is 6.26 Å². The lowest BCUT2D eigenvalue weighted by atomic mass is 9.86. The molecule has 2 unspecified atom stereocenters. The van der Waals surface area contributed by atoms with E-state index in [2.05, 4.69) is 5.32 Å². The number of thioether (sulfide) groups is 1. The molecule has 1 saturated heterocycles. The number of benzene rings is 1. The Morgan fingerprint density at radius 3 is 2.73 bits per heavy atom. The van der Waals surface area contributed by atoms with Gasteiger partial charge in [0.1, 0.15) is 11.0 Å². The molecule has 1 aromatic rings. The van der Waals surface area contributed by atoms with E-state index in [1.165, 1.54) is 18.9 Å². The molecule has 1 aromatic carbocycles. The second-order valence-electron chi connectivity index (χ2n) is 6.34. The van der Waals surface area contributed by atoms with Gasteiger partial charge in [0.25, 0.3) is 0 Å². The van der Waals surface area contributed by atoms with Gasteiger partial charge in [0.2, 0.25) is 5.91 Å². The molecule has 2 aliphatic rings. The molecule has 1 N–H and O–H groups in total. The number of alkyl halides is 3. The Bertz CT molecular complexity index is 739. The summed E-state index contributed by atoms with van der Waals surface area (Å²) >= 11 is 1.36. The second-order valence-corrected chi connectivity index (χ2v) is 7.28. The molecule has 1 fully saturated rings. The van der Waals surface area contributed by atoms with Crippen molar-refractivity contribution >= 4 is 29.3 Å². The molecule has 2 atom stereocenters. The molecule has 0 bridgehead atoms. The van der Waals surface area contributed by atoms with E-state index >= 15 is 0 Å². The quantitative estimate of drug-likeness (QED) is 0.863. The number of hydrogen-bond donors (Lipinski definition) is 1. The van der Waals surface area contributed by atoms with E-state index in [1.54, 1.807) is 12.1 Å². The molecule has 0 saturated carbocycles. The van der Waals surface area contributed by atoms with Gasteiger partial charge in [-0.3, -0.25) is 9.59 Å². The maximum absolute atomic E-state index is 12.8. The number of carbonyl (C=O) groups is 2. The number of piperidine rings is 1. The lowest BCUT2D eigenvalue weighted by Crippen LogP contribution is -2.45. The molecule has 0 spiro atoms. The molecule has 0 radical (unpaired) electrons. The smallest absolute Gasteiger partial charge is 0.471 e. The number of rotatable bonds is 3. The summed E-state index contributed by atoms with van der Waals surface area (Å²) in [4.78, 5) is 24.7. The summed E-state index contributed by atoms with van der Waals surface area (Å²) in [5, 5.41) is 2.37. The molecule has 2 aliphatic heterocycles. The molecule has 142 valence electrons. The molecule has 2 heterocycles. The molecular formula is C17H19F3N2O3S. The van der Waals surface area contributed by atoms with Crippen LogP contribution in [0, 0.1) is 0 Å². The highest BCUT2D eigenvalue weighted by molar-refractivity contribution is 7.99. The molecule has 3 rings (SSSR count). The van der Waals surface area contributed by atoms with Gasteiger partial charge in [0.05, 0.1) is 12.8 Å². The van der Waals surface area contributed by atoms with Crippen LogP contribution >= 0.6 is 11.8 Å². The van der Waals surface area contributed by atoms with E-state index < -0.39 is 17.3 Å². The molecule has 26 heavy (non-hydrogen) atoms. The van der Waals surface area contributed by atoms with Gasteiger partial charge in [-0.25, -0.2) is 0 Å². The van der Waals surface area contributed by atoms with Crippen LogP contribution in [0.4, 0.5) is 18.9 Å². The van der Waals surface area contributed by atoms with Crippen LogP contribution in [0.25, 0.3) is 0 Å². The van der Waals surface area contributed by atoms with Gasteiger partial charge in [-0.05, 0) is 30.7 Å². The number of likely N-dealkylation sites (tertiary alicyclic amines) is 1. The van der Waals surface area contributed by atoms with Gasteiger partial charge in [-0.2, -0.15) is 13.2 Å². The maximum Gasteiger partial charge on any atom is 0.471 e. The highest BCUT2D eigenvalue weighted by Gasteiger charge is 2.44. The number of amides is 2. The molecule has 9 heteroatoms. The summed E-state index contributed by atoms with van der Waals surface area (Å²) in [6, 6.07) is 3.51. The average Bonchev–Trinajstić information content (AvgIpc) is 2.95. The molecule has 5 nitrogen and oxygen atoms in total. The zero-order valence-electron chi connectivity index (χ0n) is 14.4. The molecule has 0 aliphatic carbocycles. The number of methoxy groups -OCH3 is 1. The number of nitrogens with one attached hydrogen (secondary N) is 1. The number of ether oxygens (including phenoxy) is 1. The Morgan fingerprint density at radius 1 is 1.38 bits per heavy atom. The van der Waals surface area contributed by atoms with Crippen LogP contribution in [-0.2, 0) is 9.59 Å². The average molecular weight is 388 g/mol. The fraction of sp³-hybridized carbons (Fsp3) is 0.529. The van der Waals surface area contributed by atoms with Crippen LogP contribution in [0.1, 0.15) is 35.1 Å². The Labute approximate surface area is 153 Å². The van der Waals surface area contributed by atoms with Gasteiger partial charge in [0.15, 0.2) is 0 Å². The maximum atomic E-state index is 12.8. The number of fused-ring (bicyclic) bond motifs is 1. The van der Waals surface area contributed by atoms with E-state index in [9.17, 15) is 22.8 Å². The third-order valence-corrected chi connectivity index (χ3v) is 5.76. The third-order valence-electron chi connectivity index (χ3n) is 4.84. The SMILES string of the molecule is COc1ccc(C2CCCN(C(=O)C(F)(F)F)C2)c2c1NC(=O)C2SC. The first-order valence-electron chi connectivity index (χ1n) is 8.18. The predicted molar refractivity (Wildman–Crippen MR) is 92.5 cm³/mol. The summed E-state index contributed by atoms with van der Waals surface area (Å²) in [7, 11) is 1.50. The van der Waals surface area contributed by atoms with E-state index in [0.29, 0.717) is 24.3 Å². The molecule has 2 amide bonds. The van der Waals surface area contributed by atoms with Crippen LogP contribution in [0.15, 0.2) is 12.1 Å². The minimum absolute atomic E-state index is 0.00754. The van der Waals surface area contributed by atoms with Crippen molar-refractivity contribution in [3.8, 4) is 5.75 Å². The number of carbonyl (C=O) groups excluding carboxylic acids is 2. The number of nitrogens with zero attached hydrogens (tertiary/aromatic N) is 1. The monoisotopic (exact) mass is 388 g/mol.